The first-order valence-corrected chi connectivity index (χ1v) is 16.0. The van der Waals surface area contributed by atoms with Crippen LogP contribution in [-0.4, -0.2) is 77.7 Å². The Morgan fingerprint density at radius 3 is 2.66 bits per heavy atom. The molecule has 2 aromatic carbocycles. The third kappa shape index (κ3) is 7.31. The Morgan fingerprint density at radius 1 is 1.11 bits per heavy atom. The number of amides is 1. The van der Waals surface area contributed by atoms with Crippen LogP contribution < -0.4 is 14.8 Å². The third-order valence-electron chi connectivity index (χ3n) is 7.10. The lowest BCUT2D eigenvalue weighted by Crippen LogP contribution is -2.43. The van der Waals surface area contributed by atoms with Crippen molar-refractivity contribution in [3.8, 4) is 11.5 Å². The molecule has 1 atom stereocenters. The van der Waals surface area contributed by atoms with Gasteiger partial charge in [-0.2, -0.15) is 4.98 Å². The van der Waals surface area contributed by atoms with Gasteiger partial charge in [0.05, 0.1) is 32.0 Å². The van der Waals surface area contributed by atoms with E-state index in [0.717, 1.165) is 11.1 Å². The number of nitrogens with zero attached hydrogens (tertiary/aromatic N) is 4. The van der Waals surface area contributed by atoms with Crippen molar-refractivity contribution in [3.05, 3.63) is 69.9 Å². The molecule has 1 saturated heterocycles. The van der Waals surface area contributed by atoms with E-state index in [1.807, 2.05) is 57.2 Å². The highest BCUT2D eigenvalue weighted by Crippen LogP contribution is 2.40. The smallest absolute Gasteiger partial charge is 0.338 e. The number of carbonyl (C=O) groups excluding carboxylic acids is 2. The SMILES string of the molecule is CCCOC(=O)C1=C(C)Nc2nc(SCc3ccccc3Cl)nn2C1c1ccc(OCC(=O)N2CCOCC2)c(OCC)c1. The standard InChI is InChI=1S/C31H36ClN5O6S/c1-4-14-42-29(39)27-20(3)33-30-34-31(44-19-22-8-6-7-9-23(22)32)35-37(30)28(27)21-10-11-24(25(17-21)41-5-2)43-18-26(38)36-12-15-40-16-13-36/h6-11,17,28H,4-5,12-16,18-19H2,1-3H3,(H,33,34,35). The number of rotatable bonds is 12. The van der Waals surface area contributed by atoms with Crippen molar-refractivity contribution in [2.24, 2.45) is 0 Å². The van der Waals surface area contributed by atoms with E-state index in [1.54, 1.807) is 15.6 Å². The van der Waals surface area contributed by atoms with Crippen molar-refractivity contribution in [1.29, 1.82) is 0 Å². The first-order valence-electron chi connectivity index (χ1n) is 14.6. The summed E-state index contributed by atoms with van der Waals surface area (Å²) in [6.45, 7) is 8.29. The van der Waals surface area contributed by atoms with Crippen molar-refractivity contribution >= 4 is 41.2 Å². The second kappa shape index (κ2) is 14.8. The maximum absolute atomic E-state index is 13.4. The molecule has 2 aliphatic heterocycles. The monoisotopic (exact) mass is 641 g/mol. The van der Waals surface area contributed by atoms with Crippen molar-refractivity contribution in [1.82, 2.24) is 19.7 Å². The molecule has 1 N–H and O–H groups in total. The molecule has 5 rings (SSSR count). The van der Waals surface area contributed by atoms with E-state index in [2.05, 4.69) is 5.32 Å². The van der Waals surface area contributed by atoms with Crippen molar-refractivity contribution in [3.63, 3.8) is 0 Å². The number of thioether (sulfide) groups is 1. The molecule has 0 aliphatic carbocycles. The van der Waals surface area contributed by atoms with Crippen LogP contribution in [0.1, 0.15) is 44.4 Å². The molecule has 11 nitrogen and oxygen atoms in total. The fraction of sp³-hybridized carbons (Fsp3) is 0.419. The second-order valence-corrected chi connectivity index (χ2v) is 11.5. The summed E-state index contributed by atoms with van der Waals surface area (Å²) < 4.78 is 24.5. The van der Waals surface area contributed by atoms with Gasteiger partial charge in [0.2, 0.25) is 11.1 Å². The highest BCUT2D eigenvalue weighted by molar-refractivity contribution is 7.98. The molecule has 13 heteroatoms. The van der Waals surface area contributed by atoms with Crippen LogP contribution in [0.2, 0.25) is 5.02 Å². The van der Waals surface area contributed by atoms with Gasteiger partial charge >= 0.3 is 5.97 Å². The molecule has 44 heavy (non-hydrogen) atoms. The van der Waals surface area contributed by atoms with Crippen LogP contribution in [0.5, 0.6) is 11.5 Å². The summed E-state index contributed by atoms with van der Waals surface area (Å²) in [7, 11) is 0. The van der Waals surface area contributed by atoms with E-state index in [0.29, 0.717) is 90.6 Å². The van der Waals surface area contributed by atoms with E-state index in [9.17, 15) is 9.59 Å². The number of anilines is 1. The van der Waals surface area contributed by atoms with Crippen LogP contribution in [0.15, 0.2) is 58.9 Å². The number of ether oxygens (including phenoxy) is 4. The van der Waals surface area contributed by atoms with Gasteiger partial charge in [0.1, 0.15) is 6.04 Å². The molecule has 1 amide bonds. The van der Waals surface area contributed by atoms with Crippen molar-refractivity contribution in [2.45, 2.75) is 44.1 Å². The molecule has 0 bridgehead atoms. The van der Waals surface area contributed by atoms with Crippen molar-refractivity contribution < 1.29 is 28.5 Å². The zero-order valence-electron chi connectivity index (χ0n) is 25.0. The molecule has 1 unspecified atom stereocenters. The number of aromatic nitrogens is 3. The van der Waals surface area contributed by atoms with Gasteiger partial charge in [-0.1, -0.05) is 54.6 Å². The minimum Gasteiger partial charge on any atom is -0.490 e. The van der Waals surface area contributed by atoms with Crippen LogP contribution in [0.4, 0.5) is 5.95 Å². The van der Waals surface area contributed by atoms with Crippen LogP contribution in [0.3, 0.4) is 0 Å². The summed E-state index contributed by atoms with van der Waals surface area (Å²) in [6.07, 6.45) is 0.692. The first kappa shape index (κ1) is 31.7. The minimum absolute atomic E-state index is 0.119. The number of esters is 1. The number of halogens is 1. The minimum atomic E-state index is -0.652. The van der Waals surface area contributed by atoms with Crippen LogP contribution >= 0.6 is 23.4 Å². The van der Waals surface area contributed by atoms with Gasteiger partial charge in [-0.25, -0.2) is 9.48 Å². The molecule has 1 fully saturated rings. The summed E-state index contributed by atoms with van der Waals surface area (Å²) >= 11 is 7.81. The first-order chi connectivity index (χ1) is 21.4. The molecule has 0 spiro atoms. The zero-order chi connectivity index (χ0) is 31.1. The Morgan fingerprint density at radius 2 is 1.91 bits per heavy atom. The summed E-state index contributed by atoms with van der Waals surface area (Å²) in [6, 6.07) is 12.4. The quantitative estimate of drug-likeness (QED) is 0.211. The Balaban J connectivity index is 1.45. The van der Waals surface area contributed by atoms with Gasteiger partial charge in [-0.05, 0) is 49.6 Å². The summed E-state index contributed by atoms with van der Waals surface area (Å²) in [5, 5.41) is 9.24. The Kier molecular flexibility index (Phi) is 10.7. The number of allylic oxidation sites excluding steroid dienone is 1. The number of hydrogen-bond acceptors (Lipinski definition) is 10. The fourth-order valence-electron chi connectivity index (χ4n) is 4.92. The van der Waals surface area contributed by atoms with E-state index in [-0.39, 0.29) is 12.5 Å². The number of morpholine rings is 1. The summed E-state index contributed by atoms with van der Waals surface area (Å²) in [5.41, 5.74) is 2.72. The largest absolute Gasteiger partial charge is 0.490 e. The van der Waals surface area contributed by atoms with Gasteiger partial charge in [0, 0.05) is 29.6 Å². The molecular weight excluding hydrogens is 606 g/mol. The van der Waals surface area contributed by atoms with E-state index in [4.69, 9.17) is 40.6 Å². The van der Waals surface area contributed by atoms with Crippen LogP contribution in [-0.2, 0) is 24.8 Å². The molecule has 2 aliphatic rings. The lowest BCUT2D eigenvalue weighted by Gasteiger charge is -2.29. The maximum atomic E-state index is 13.4. The second-order valence-electron chi connectivity index (χ2n) is 10.2. The number of nitrogens with one attached hydrogen (secondary N) is 1. The summed E-state index contributed by atoms with van der Waals surface area (Å²) in [4.78, 5) is 32.6. The zero-order valence-corrected chi connectivity index (χ0v) is 26.6. The number of benzene rings is 2. The fourth-order valence-corrected chi connectivity index (χ4v) is 6.04. The Labute approximate surface area is 265 Å². The lowest BCUT2D eigenvalue weighted by atomic mass is 9.95. The van der Waals surface area contributed by atoms with Gasteiger partial charge < -0.3 is 29.2 Å². The average molecular weight is 642 g/mol. The molecule has 0 radical (unpaired) electrons. The van der Waals surface area contributed by atoms with Crippen molar-refractivity contribution in [2.75, 3.05) is 51.4 Å². The Hall–Kier alpha value is -3.74. The maximum Gasteiger partial charge on any atom is 0.338 e. The van der Waals surface area contributed by atoms with E-state index < -0.39 is 12.0 Å². The summed E-state index contributed by atoms with van der Waals surface area (Å²) in [5.74, 6) is 1.39. The molecule has 1 aromatic heterocycles. The van der Waals surface area contributed by atoms with Crippen LogP contribution in [0.25, 0.3) is 0 Å². The molecule has 3 aromatic rings. The molecule has 3 heterocycles. The topological polar surface area (TPSA) is 117 Å². The molecule has 234 valence electrons. The van der Waals surface area contributed by atoms with E-state index >= 15 is 0 Å². The Bertz CT molecular complexity index is 1520. The predicted molar refractivity (Wildman–Crippen MR) is 167 cm³/mol. The van der Waals surface area contributed by atoms with E-state index in [1.165, 1.54) is 11.8 Å². The average Bonchev–Trinajstić information content (AvgIpc) is 3.44. The predicted octanol–water partition coefficient (Wildman–Crippen LogP) is 5.10. The normalized spacial score (nSPS) is 16.3. The highest BCUT2D eigenvalue weighted by atomic mass is 35.5. The highest BCUT2D eigenvalue weighted by Gasteiger charge is 2.36. The van der Waals surface area contributed by atoms with Crippen LogP contribution in [0, 0.1) is 0 Å². The number of hydrogen-bond donors (Lipinski definition) is 1. The number of carbonyl (C=O) groups is 2. The third-order valence-corrected chi connectivity index (χ3v) is 8.36. The molecule has 0 saturated carbocycles. The van der Waals surface area contributed by atoms with Gasteiger partial charge in [-0.3, -0.25) is 4.79 Å². The number of fused-ring (bicyclic) bond motifs is 1. The van der Waals surface area contributed by atoms with Gasteiger partial charge in [0.15, 0.2) is 18.1 Å². The molecular formula is C31H36ClN5O6S. The lowest BCUT2D eigenvalue weighted by molar-refractivity contribution is -0.139. The van der Waals surface area contributed by atoms with Gasteiger partial charge in [-0.15, -0.1) is 5.10 Å². The van der Waals surface area contributed by atoms with Gasteiger partial charge in [0.25, 0.3) is 5.91 Å².